The molecule has 2 fully saturated rings. The van der Waals surface area contributed by atoms with Crippen molar-refractivity contribution in [1.82, 2.24) is 14.7 Å². The standard InChI is InChI=1S/C18H23FN4O3/c19-15-3-1-2-4-16(15)21-9-11-23(12-10-21)18(26)13-17(25)22-7-5-20(14-24)6-8-22/h1-4,14H,5-13H2. The lowest BCUT2D eigenvalue weighted by Crippen LogP contribution is -2.51. The maximum absolute atomic E-state index is 13.9. The van der Waals surface area contributed by atoms with Crippen molar-refractivity contribution >= 4 is 23.9 Å². The number of carbonyl (C=O) groups is 3. The minimum absolute atomic E-state index is 0.152. The molecule has 0 saturated carbocycles. The maximum Gasteiger partial charge on any atom is 0.232 e. The lowest BCUT2D eigenvalue weighted by Gasteiger charge is -2.37. The molecule has 3 amide bonds. The van der Waals surface area contributed by atoms with Crippen LogP contribution >= 0.6 is 0 Å². The molecular weight excluding hydrogens is 339 g/mol. The van der Waals surface area contributed by atoms with Gasteiger partial charge in [0.1, 0.15) is 12.2 Å². The van der Waals surface area contributed by atoms with Gasteiger partial charge in [0, 0.05) is 52.4 Å². The summed E-state index contributed by atoms with van der Waals surface area (Å²) in [6, 6.07) is 6.60. The molecule has 0 unspecified atom stereocenters. The van der Waals surface area contributed by atoms with Crippen molar-refractivity contribution < 1.29 is 18.8 Å². The molecule has 2 aliphatic rings. The van der Waals surface area contributed by atoms with Crippen LogP contribution in [0.25, 0.3) is 0 Å². The van der Waals surface area contributed by atoms with Crippen LogP contribution in [0.4, 0.5) is 10.1 Å². The number of anilines is 1. The summed E-state index contributed by atoms with van der Waals surface area (Å²) in [5.74, 6) is -0.657. The lowest BCUT2D eigenvalue weighted by molar-refractivity contribution is -0.142. The first-order chi connectivity index (χ1) is 12.6. The van der Waals surface area contributed by atoms with Crippen molar-refractivity contribution in [2.75, 3.05) is 57.3 Å². The Hall–Kier alpha value is -2.64. The van der Waals surface area contributed by atoms with E-state index in [1.54, 1.807) is 32.9 Å². The highest BCUT2D eigenvalue weighted by Crippen LogP contribution is 2.20. The average molecular weight is 362 g/mol. The molecule has 1 aromatic rings. The molecular formula is C18H23FN4O3. The topological polar surface area (TPSA) is 64.2 Å². The molecule has 8 heteroatoms. The number of nitrogens with zero attached hydrogens (tertiary/aromatic N) is 4. The molecule has 2 heterocycles. The molecule has 140 valence electrons. The third-order valence-electron chi connectivity index (χ3n) is 4.94. The fourth-order valence-corrected chi connectivity index (χ4v) is 3.33. The third-order valence-corrected chi connectivity index (χ3v) is 4.94. The van der Waals surface area contributed by atoms with E-state index < -0.39 is 0 Å². The SMILES string of the molecule is O=CN1CCN(C(=O)CC(=O)N2CCN(c3ccccc3F)CC2)CC1. The van der Waals surface area contributed by atoms with Gasteiger partial charge in [-0.2, -0.15) is 0 Å². The summed E-state index contributed by atoms with van der Waals surface area (Å²) in [6.45, 7) is 3.96. The van der Waals surface area contributed by atoms with E-state index in [4.69, 9.17) is 0 Å². The zero-order valence-corrected chi connectivity index (χ0v) is 14.6. The largest absolute Gasteiger partial charge is 0.366 e. The van der Waals surface area contributed by atoms with E-state index in [0.717, 1.165) is 6.41 Å². The molecule has 26 heavy (non-hydrogen) atoms. The zero-order chi connectivity index (χ0) is 18.5. The summed E-state index contributed by atoms with van der Waals surface area (Å²) in [6.07, 6.45) is 0.628. The van der Waals surface area contributed by atoms with Gasteiger partial charge in [-0.3, -0.25) is 14.4 Å². The van der Waals surface area contributed by atoms with Gasteiger partial charge in [-0.25, -0.2) is 4.39 Å². The summed E-state index contributed by atoms with van der Waals surface area (Å²) in [5.41, 5.74) is 0.545. The Kier molecular flexibility index (Phi) is 5.70. The minimum atomic E-state index is -0.267. The number of hydrogen-bond acceptors (Lipinski definition) is 4. The van der Waals surface area contributed by atoms with Gasteiger partial charge in [0.15, 0.2) is 0 Å². The van der Waals surface area contributed by atoms with Crippen LogP contribution in [0.2, 0.25) is 0 Å². The van der Waals surface area contributed by atoms with Gasteiger partial charge in [0.25, 0.3) is 0 Å². The van der Waals surface area contributed by atoms with E-state index in [0.29, 0.717) is 58.0 Å². The molecule has 7 nitrogen and oxygen atoms in total. The molecule has 2 aliphatic heterocycles. The normalized spacial score (nSPS) is 18.0. The summed E-state index contributed by atoms with van der Waals surface area (Å²) >= 11 is 0. The summed E-state index contributed by atoms with van der Waals surface area (Å²) in [7, 11) is 0. The van der Waals surface area contributed by atoms with E-state index in [-0.39, 0.29) is 24.1 Å². The highest BCUT2D eigenvalue weighted by atomic mass is 19.1. The number of hydrogen-bond donors (Lipinski definition) is 0. The fraction of sp³-hybridized carbons (Fsp3) is 0.500. The summed E-state index contributed by atoms with van der Waals surface area (Å²) in [4.78, 5) is 42.2. The lowest BCUT2D eigenvalue weighted by atomic mass is 10.2. The van der Waals surface area contributed by atoms with Crippen molar-refractivity contribution in [1.29, 1.82) is 0 Å². The fourth-order valence-electron chi connectivity index (χ4n) is 3.33. The molecule has 0 spiro atoms. The number of halogens is 1. The summed E-state index contributed by atoms with van der Waals surface area (Å²) < 4.78 is 13.9. The molecule has 0 aromatic heterocycles. The molecule has 0 radical (unpaired) electrons. The Morgan fingerprint density at radius 3 is 1.96 bits per heavy atom. The monoisotopic (exact) mass is 362 g/mol. The molecule has 0 atom stereocenters. The van der Waals surface area contributed by atoms with Crippen LogP contribution in [-0.4, -0.2) is 85.3 Å². The Bertz CT molecular complexity index is 668. The van der Waals surface area contributed by atoms with Gasteiger partial charge in [0.05, 0.1) is 5.69 Å². The van der Waals surface area contributed by atoms with Gasteiger partial charge < -0.3 is 19.6 Å². The second-order valence-electron chi connectivity index (χ2n) is 6.52. The molecule has 0 aliphatic carbocycles. The van der Waals surface area contributed by atoms with Crippen molar-refractivity contribution in [2.24, 2.45) is 0 Å². The molecule has 0 N–H and O–H groups in total. The van der Waals surface area contributed by atoms with Crippen LogP contribution in [0.15, 0.2) is 24.3 Å². The van der Waals surface area contributed by atoms with Crippen molar-refractivity contribution in [3.05, 3.63) is 30.1 Å². The quantitative estimate of drug-likeness (QED) is 0.566. The molecule has 2 saturated heterocycles. The van der Waals surface area contributed by atoms with Gasteiger partial charge in [0.2, 0.25) is 18.2 Å². The highest BCUT2D eigenvalue weighted by molar-refractivity contribution is 5.97. The van der Waals surface area contributed by atoms with Gasteiger partial charge in [-0.1, -0.05) is 12.1 Å². The number of benzene rings is 1. The maximum atomic E-state index is 13.9. The van der Waals surface area contributed by atoms with Crippen molar-refractivity contribution in [3.8, 4) is 0 Å². The van der Waals surface area contributed by atoms with Gasteiger partial charge >= 0.3 is 0 Å². The molecule has 3 rings (SSSR count). The number of amides is 3. The van der Waals surface area contributed by atoms with Crippen LogP contribution in [0.1, 0.15) is 6.42 Å². The average Bonchev–Trinajstić information content (AvgIpc) is 2.68. The molecule has 1 aromatic carbocycles. The van der Waals surface area contributed by atoms with Crippen molar-refractivity contribution in [2.45, 2.75) is 6.42 Å². The first kappa shape index (κ1) is 18.2. The Morgan fingerprint density at radius 1 is 0.885 bits per heavy atom. The Morgan fingerprint density at radius 2 is 1.42 bits per heavy atom. The predicted molar refractivity (Wildman–Crippen MR) is 94.0 cm³/mol. The number of piperazine rings is 2. The summed E-state index contributed by atoms with van der Waals surface area (Å²) in [5, 5.41) is 0. The third kappa shape index (κ3) is 4.12. The Balaban J connectivity index is 1.47. The van der Waals surface area contributed by atoms with Crippen molar-refractivity contribution in [3.63, 3.8) is 0 Å². The van der Waals surface area contributed by atoms with Crippen LogP contribution in [0, 0.1) is 5.82 Å². The van der Waals surface area contributed by atoms with Crippen LogP contribution in [0.3, 0.4) is 0 Å². The van der Waals surface area contributed by atoms with Crippen LogP contribution < -0.4 is 4.90 Å². The van der Waals surface area contributed by atoms with Crippen LogP contribution in [0.5, 0.6) is 0 Å². The van der Waals surface area contributed by atoms with E-state index in [2.05, 4.69) is 0 Å². The minimum Gasteiger partial charge on any atom is -0.366 e. The van der Waals surface area contributed by atoms with Gasteiger partial charge in [-0.15, -0.1) is 0 Å². The number of para-hydroxylation sites is 1. The van der Waals surface area contributed by atoms with E-state index in [1.807, 2.05) is 4.90 Å². The second-order valence-corrected chi connectivity index (χ2v) is 6.52. The van der Waals surface area contributed by atoms with Gasteiger partial charge in [-0.05, 0) is 12.1 Å². The number of rotatable bonds is 4. The van der Waals surface area contributed by atoms with E-state index in [1.165, 1.54) is 6.07 Å². The van der Waals surface area contributed by atoms with E-state index >= 15 is 0 Å². The molecule has 0 bridgehead atoms. The predicted octanol–water partition coefficient (Wildman–Crippen LogP) is 0.165. The van der Waals surface area contributed by atoms with Crippen LogP contribution in [-0.2, 0) is 14.4 Å². The zero-order valence-electron chi connectivity index (χ0n) is 14.6. The second kappa shape index (κ2) is 8.16. The first-order valence-electron chi connectivity index (χ1n) is 8.83. The highest BCUT2D eigenvalue weighted by Gasteiger charge is 2.27. The number of carbonyl (C=O) groups excluding carboxylic acids is 3. The Labute approximate surface area is 151 Å². The van der Waals surface area contributed by atoms with E-state index in [9.17, 15) is 18.8 Å². The smallest absolute Gasteiger partial charge is 0.232 e. The first-order valence-corrected chi connectivity index (χ1v) is 8.83.